The molecule has 1 aliphatic carbocycles. The van der Waals surface area contributed by atoms with Crippen LogP contribution in [0.1, 0.15) is 32.1 Å². The Morgan fingerprint density at radius 2 is 2.33 bits per heavy atom. The molecule has 0 heterocycles. The van der Waals surface area contributed by atoms with E-state index in [4.69, 9.17) is 5.11 Å². The first-order chi connectivity index (χ1) is 5.74. The molecule has 1 rings (SSSR count). The second kappa shape index (κ2) is 4.45. The molecule has 0 radical (unpaired) electrons. The summed E-state index contributed by atoms with van der Waals surface area (Å²) < 4.78 is 0. The summed E-state index contributed by atoms with van der Waals surface area (Å²) in [6, 6.07) is 0.426. The zero-order chi connectivity index (χ0) is 8.97. The van der Waals surface area contributed by atoms with Gasteiger partial charge < -0.3 is 10.4 Å². The van der Waals surface area contributed by atoms with Crippen LogP contribution in [0.2, 0.25) is 0 Å². The Bertz CT molecular complexity index is 155. The lowest BCUT2D eigenvalue weighted by Crippen LogP contribution is -2.37. The maximum Gasteiger partial charge on any atom is 0.303 e. The molecule has 0 spiro atoms. The lowest BCUT2D eigenvalue weighted by Gasteiger charge is -2.33. The fourth-order valence-corrected chi connectivity index (χ4v) is 1.74. The van der Waals surface area contributed by atoms with Crippen LogP contribution in [0.5, 0.6) is 0 Å². The Kier molecular flexibility index (Phi) is 3.53. The summed E-state index contributed by atoms with van der Waals surface area (Å²) >= 11 is 0. The Hall–Kier alpha value is -0.570. The predicted octanol–water partition coefficient (Wildman–Crippen LogP) is 1.24. The minimum Gasteiger partial charge on any atom is -0.481 e. The largest absolute Gasteiger partial charge is 0.481 e. The summed E-state index contributed by atoms with van der Waals surface area (Å²) in [6.45, 7) is 0. The van der Waals surface area contributed by atoms with Crippen molar-refractivity contribution >= 4 is 5.97 Å². The van der Waals surface area contributed by atoms with Crippen LogP contribution in [0.15, 0.2) is 0 Å². The number of hydrogen-bond acceptors (Lipinski definition) is 2. The van der Waals surface area contributed by atoms with Crippen molar-refractivity contribution in [3.8, 4) is 0 Å². The minimum atomic E-state index is -0.686. The van der Waals surface area contributed by atoms with Gasteiger partial charge in [-0.1, -0.05) is 6.42 Å². The van der Waals surface area contributed by atoms with Gasteiger partial charge in [-0.3, -0.25) is 4.79 Å². The summed E-state index contributed by atoms with van der Waals surface area (Å²) in [5.74, 6) is 0.0453. The van der Waals surface area contributed by atoms with Gasteiger partial charge >= 0.3 is 5.97 Å². The van der Waals surface area contributed by atoms with Crippen LogP contribution in [0.3, 0.4) is 0 Å². The summed E-state index contributed by atoms with van der Waals surface area (Å²) in [5, 5.41) is 11.7. The molecule has 0 bridgehead atoms. The smallest absolute Gasteiger partial charge is 0.303 e. The summed E-state index contributed by atoms with van der Waals surface area (Å²) in [6.07, 6.45) is 4.92. The van der Waals surface area contributed by atoms with E-state index in [1.807, 2.05) is 7.05 Å². The van der Waals surface area contributed by atoms with Crippen molar-refractivity contribution in [3.63, 3.8) is 0 Å². The number of nitrogens with one attached hydrogen (secondary N) is 1. The van der Waals surface area contributed by atoms with Crippen molar-refractivity contribution in [1.82, 2.24) is 5.32 Å². The van der Waals surface area contributed by atoms with Gasteiger partial charge in [0, 0.05) is 12.5 Å². The molecule has 12 heavy (non-hydrogen) atoms. The van der Waals surface area contributed by atoms with Gasteiger partial charge in [-0.15, -0.1) is 0 Å². The molecule has 1 aliphatic rings. The minimum absolute atomic E-state index is 0.294. The van der Waals surface area contributed by atoms with Crippen molar-refractivity contribution in [1.29, 1.82) is 0 Å². The van der Waals surface area contributed by atoms with Gasteiger partial charge in [0.05, 0.1) is 0 Å². The Morgan fingerprint density at radius 1 is 1.67 bits per heavy atom. The van der Waals surface area contributed by atoms with Gasteiger partial charge in [-0.2, -0.15) is 0 Å². The van der Waals surface area contributed by atoms with E-state index in [9.17, 15) is 4.79 Å². The van der Waals surface area contributed by atoms with E-state index in [2.05, 4.69) is 5.32 Å². The van der Waals surface area contributed by atoms with E-state index in [1.54, 1.807) is 0 Å². The highest BCUT2D eigenvalue weighted by Gasteiger charge is 2.25. The molecule has 0 aromatic heterocycles. The molecule has 1 fully saturated rings. The van der Waals surface area contributed by atoms with Crippen LogP contribution < -0.4 is 5.32 Å². The standard InChI is InChI=1S/C9H17NO2/c1-10-8(5-6-9(11)12)7-3-2-4-7/h7-8,10H,2-6H2,1H3,(H,11,12). The fourth-order valence-electron chi connectivity index (χ4n) is 1.74. The van der Waals surface area contributed by atoms with Crippen molar-refractivity contribution < 1.29 is 9.90 Å². The van der Waals surface area contributed by atoms with Crippen LogP contribution in [0, 0.1) is 5.92 Å². The monoisotopic (exact) mass is 171 g/mol. The third kappa shape index (κ3) is 2.48. The zero-order valence-corrected chi connectivity index (χ0v) is 7.55. The SMILES string of the molecule is CNC(CCC(=O)O)C1CCC1. The molecule has 2 N–H and O–H groups in total. The number of carbonyl (C=O) groups is 1. The molecular formula is C9H17NO2. The zero-order valence-electron chi connectivity index (χ0n) is 7.55. The van der Waals surface area contributed by atoms with E-state index in [0.29, 0.717) is 12.5 Å². The molecular weight excluding hydrogens is 154 g/mol. The predicted molar refractivity (Wildman–Crippen MR) is 47.1 cm³/mol. The van der Waals surface area contributed by atoms with E-state index in [1.165, 1.54) is 19.3 Å². The van der Waals surface area contributed by atoms with Gasteiger partial charge in [0.15, 0.2) is 0 Å². The number of carboxylic acid groups (broad SMARTS) is 1. The number of rotatable bonds is 5. The maximum absolute atomic E-state index is 10.3. The molecule has 1 saturated carbocycles. The first-order valence-electron chi connectivity index (χ1n) is 4.63. The van der Waals surface area contributed by atoms with E-state index < -0.39 is 5.97 Å². The molecule has 0 amide bonds. The normalized spacial score (nSPS) is 20.1. The van der Waals surface area contributed by atoms with Crippen LogP contribution in [-0.4, -0.2) is 24.2 Å². The number of aliphatic carboxylic acids is 1. The van der Waals surface area contributed by atoms with Crippen molar-refractivity contribution in [3.05, 3.63) is 0 Å². The van der Waals surface area contributed by atoms with Gasteiger partial charge in [0.1, 0.15) is 0 Å². The van der Waals surface area contributed by atoms with Crippen molar-refractivity contribution in [2.75, 3.05) is 7.05 Å². The van der Waals surface area contributed by atoms with E-state index >= 15 is 0 Å². The summed E-state index contributed by atoms with van der Waals surface area (Å²) in [5.41, 5.74) is 0. The second-order valence-electron chi connectivity index (χ2n) is 3.52. The van der Waals surface area contributed by atoms with Crippen LogP contribution in [0.4, 0.5) is 0 Å². The average Bonchev–Trinajstić information content (AvgIpc) is 1.93. The van der Waals surface area contributed by atoms with Gasteiger partial charge in [0.2, 0.25) is 0 Å². The lowest BCUT2D eigenvalue weighted by molar-refractivity contribution is -0.137. The van der Waals surface area contributed by atoms with Gasteiger partial charge in [0.25, 0.3) is 0 Å². The van der Waals surface area contributed by atoms with Crippen molar-refractivity contribution in [2.45, 2.75) is 38.1 Å². The molecule has 3 nitrogen and oxygen atoms in total. The van der Waals surface area contributed by atoms with E-state index in [0.717, 1.165) is 12.3 Å². The third-order valence-electron chi connectivity index (χ3n) is 2.76. The average molecular weight is 171 g/mol. The Labute approximate surface area is 73.2 Å². The summed E-state index contributed by atoms with van der Waals surface area (Å²) in [7, 11) is 1.92. The second-order valence-corrected chi connectivity index (χ2v) is 3.52. The molecule has 70 valence electrons. The fraction of sp³-hybridized carbons (Fsp3) is 0.889. The maximum atomic E-state index is 10.3. The highest BCUT2D eigenvalue weighted by Crippen LogP contribution is 2.31. The summed E-state index contributed by atoms with van der Waals surface area (Å²) in [4.78, 5) is 10.3. The molecule has 0 aromatic rings. The van der Waals surface area contributed by atoms with Gasteiger partial charge in [-0.25, -0.2) is 0 Å². The third-order valence-corrected chi connectivity index (χ3v) is 2.76. The Balaban J connectivity index is 2.20. The molecule has 3 heteroatoms. The molecule has 1 atom stereocenters. The first kappa shape index (κ1) is 9.52. The van der Waals surface area contributed by atoms with E-state index in [-0.39, 0.29) is 0 Å². The first-order valence-corrected chi connectivity index (χ1v) is 4.63. The Morgan fingerprint density at radius 3 is 2.67 bits per heavy atom. The lowest BCUT2D eigenvalue weighted by atomic mass is 9.78. The molecule has 1 unspecified atom stereocenters. The molecule has 0 aromatic carbocycles. The highest BCUT2D eigenvalue weighted by atomic mass is 16.4. The topological polar surface area (TPSA) is 49.3 Å². The number of hydrogen-bond donors (Lipinski definition) is 2. The van der Waals surface area contributed by atoms with Gasteiger partial charge in [-0.05, 0) is 32.2 Å². The molecule has 0 saturated heterocycles. The highest BCUT2D eigenvalue weighted by molar-refractivity contribution is 5.66. The number of carboxylic acids is 1. The van der Waals surface area contributed by atoms with Crippen LogP contribution >= 0.6 is 0 Å². The quantitative estimate of drug-likeness (QED) is 0.654. The van der Waals surface area contributed by atoms with Crippen LogP contribution in [-0.2, 0) is 4.79 Å². The van der Waals surface area contributed by atoms with Crippen LogP contribution in [0.25, 0.3) is 0 Å². The van der Waals surface area contributed by atoms with Crippen molar-refractivity contribution in [2.24, 2.45) is 5.92 Å². The molecule has 0 aliphatic heterocycles.